The summed E-state index contributed by atoms with van der Waals surface area (Å²) in [5.74, 6) is 1.83. The van der Waals surface area contributed by atoms with E-state index in [-0.39, 0.29) is 5.91 Å². The Morgan fingerprint density at radius 3 is 2.75 bits per heavy atom. The summed E-state index contributed by atoms with van der Waals surface area (Å²) in [4.78, 5) is 36.1. The number of fused-ring (bicyclic) bond motifs is 5. The lowest BCUT2D eigenvalue weighted by molar-refractivity contribution is -0.152. The zero-order valence-corrected chi connectivity index (χ0v) is 19.0. The van der Waals surface area contributed by atoms with Crippen molar-refractivity contribution in [3.05, 3.63) is 41.6 Å². The number of hydrogen-bond donors (Lipinski definition) is 0. The van der Waals surface area contributed by atoms with Crippen molar-refractivity contribution in [2.75, 3.05) is 13.1 Å². The van der Waals surface area contributed by atoms with Gasteiger partial charge in [0.15, 0.2) is 0 Å². The summed E-state index contributed by atoms with van der Waals surface area (Å²) in [7, 11) is 0. The van der Waals surface area contributed by atoms with Crippen LogP contribution in [0.4, 0.5) is 0 Å². The van der Waals surface area contributed by atoms with Crippen LogP contribution in [0.3, 0.4) is 0 Å². The molecule has 2 bridgehead atoms. The number of likely N-dealkylation sites (tertiary alicyclic amines) is 1. The van der Waals surface area contributed by atoms with Gasteiger partial charge in [-0.15, -0.1) is 0 Å². The molecule has 2 amide bonds. The van der Waals surface area contributed by atoms with Crippen LogP contribution < -0.4 is 0 Å². The minimum Gasteiger partial charge on any atom is -0.338 e. The van der Waals surface area contributed by atoms with E-state index in [0.717, 1.165) is 67.4 Å². The molecular weight excluding hydrogens is 398 g/mol. The first-order valence-electron chi connectivity index (χ1n) is 12.6. The van der Waals surface area contributed by atoms with Gasteiger partial charge in [-0.3, -0.25) is 14.6 Å². The average Bonchev–Trinajstić information content (AvgIpc) is 3.66. The van der Waals surface area contributed by atoms with E-state index in [9.17, 15) is 9.59 Å². The molecule has 3 saturated heterocycles. The average molecular weight is 432 g/mol. The van der Waals surface area contributed by atoms with Crippen LogP contribution in [0.5, 0.6) is 0 Å². The Morgan fingerprint density at radius 2 is 1.94 bits per heavy atom. The molecule has 4 heterocycles. The van der Waals surface area contributed by atoms with Crippen molar-refractivity contribution in [2.45, 2.75) is 76.3 Å². The van der Waals surface area contributed by atoms with Gasteiger partial charge in [-0.1, -0.05) is 31.5 Å². The summed E-state index contributed by atoms with van der Waals surface area (Å²) < 4.78 is 0. The van der Waals surface area contributed by atoms with Gasteiger partial charge in [0.05, 0.1) is 11.1 Å². The Hall–Kier alpha value is -2.43. The number of piperidine rings is 3. The highest BCUT2D eigenvalue weighted by atomic mass is 16.2. The molecule has 0 N–H and O–H groups in total. The quantitative estimate of drug-likeness (QED) is 0.702. The van der Waals surface area contributed by atoms with Crippen LogP contribution in [-0.2, 0) is 4.79 Å². The number of nitrogens with zero attached hydrogens (tertiary/aromatic N) is 3. The lowest BCUT2D eigenvalue weighted by Crippen LogP contribution is -2.65. The highest BCUT2D eigenvalue weighted by molar-refractivity contribution is 6.06. The highest BCUT2D eigenvalue weighted by Crippen LogP contribution is 2.44. The van der Waals surface area contributed by atoms with Crippen molar-refractivity contribution in [1.29, 1.82) is 0 Å². The predicted octanol–water partition coefficient (Wildman–Crippen LogP) is 4.75. The number of amides is 2. The summed E-state index contributed by atoms with van der Waals surface area (Å²) in [6.45, 7) is 3.76. The van der Waals surface area contributed by atoms with Gasteiger partial charge in [0, 0.05) is 48.6 Å². The van der Waals surface area contributed by atoms with Gasteiger partial charge in [0.2, 0.25) is 5.91 Å². The van der Waals surface area contributed by atoms with Crippen molar-refractivity contribution in [3.8, 4) is 0 Å². The van der Waals surface area contributed by atoms with Crippen LogP contribution in [0.15, 0.2) is 30.3 Å². The van der Waals surface area contributed by atoms with Crippen LogP contribution in [-0.4, -0.2) is 51.8 Å². The fourth-order valence-electron chi connectivity index (χ4n) is 6.74. The lowest BCUT2D eigenvalue weighted by Gasteiger charge is -2.56. The monoisotopic (exact) mass is 431 g/mol. The zero-order chi connectivity index (χ0) is 21.8. The van der Waals surface area contributed by atoms with Crippen molar-refractivity contribution >= 4 is 22.7 Å². The van der Waals surface area contributed by atoms with Crippen LogP contribution in [0.1, 0.15) is 80.3 Å². The second-order valence-corrected chi connectivity index (χ2v) is 10.5. The third-order valence-corrected chi connectivity index (χ3v) is 8.33. The summed E-state index contributed by atoms with van der Waals surface area (Å²) >= 11 is 0. The van der Waals surface area contributed by atoms with Crippen LogP contribution in [0.25, 0.3) is 10.9 Å². The minimum atomic E-state index is 0.158. The second kappa shape index (κ2) is 7.86. The topological polar surface area (TPSA) is 53.5 Å². The first-order chi connectivity index (χ1) is 15.6. The molecule has 2 aromatic rings. The maximum Gasteiger partial charge on any atom is 0.254 e. The maximum atomic E-state index is 13.9. The molecule has 6 rings (SSSR count). The summed E-state index contributed by atoms with van der Waals surface area (Å²) in [6.07, 6.45) is 8.43. The Labute approximate surface area is 190 Å². The molecule has 168 valence electrons. The van der Waals surface area contributed by atoms with E-state index in [2.05, 4.69) is 22.8 Å². The molecule has 0 radical (unpaired) electrons. The van der Waals surface area contributed by atoms with Crippen LogP contribution in [0.2, 0.25) is 0 Å². The van der Waals surface area contributed by atoms with E-state index in [0.29, 0.717) is 42.2 Å². The van der Waals surface area contributed by atoms with Gasteiger partial charge in [0.1, 0.15) is 0 Å². The number of para-hydroxylation sites is 1. The van der Waals surface area contributed by atoms with Gasteiger partial charge in [-0.2, -0.15) is 0 Å². The summed E-state index contributed by atoms with van der Waals surface area (Å²) in [5, 5.41) is 0.970. The Morgan fingerprint density at radius 1 is 1.12 bits per heavy atom. The van der Waals surface area contributed by atoms with Crippen LogP contribution >= 0.6 is 0 Å². The van der Waals surface area contributed by atoms with Crippen LogP contribution in [0, 0.1) is 11.8 Å². The molecule has 3 aliphatic heterocycles. The molecule has 0 spiro atoms. The smallest absolute Gasteiger partial charge is 0.254 e. The van der Waals surface area contributed by atoms with Gasteiger partial charge < -0.3 is 9.80 Å². The van der Waals surface area contributed by atoms with Crippen molar-refractivity contribution in [2.24, 2.45) is 11.8 Å². The predicted molar refractivity (Wildman–Crippen MR) is 124 cm³/mol. The molecular formula is C27H33N3O2. The Balaban J connectivity index is 1.34. The van der Waals surface area contributed by atoms with Gasteiger partial charge in [-0.25, -0.2) is 0 Å². The number of hydrogen-bond acceptors (Lipinski definition) is 3. The fourth-order valence-corrected chi connectivity index (χ4v) is 6.74. The fraction of sp³-hybridized carbons (Fsp3) is 0.593. The molecule has 32 heavy (non-hydrogen) atoms. The van der Waals surface area contributed by atoms with Crippen molar-refractivity contribution in [1.82, 2.24) is 14.8 Å². The number of carbonyl (C=O) groups excluding carboxylic acids is 2. The normalized spacial score (nSPS) is 29.8. The molecule has 4 aliphatic rings. The number of pyridine rings is 1. The van der Waals surface area contributed by atoms with Crippen molar-refractivity contribution < 1.29 is 9.59 Å². The molecule has 1 aromatic carbocycles. The van der Waals surface area contributed by atoms with Gasteiger partial charge in [-0.05, 0) is 62.5 Å². The molecule has 4 atom stereocenters. The standard InChI is InChI=1S/C27H33N3O2/c1-2-6-24-18-13-19(25-9-5-10-26(31)30(24)25)16-29(15-18)27(32)21-14-23(17-11-12-17)28-22-8-4-3-7-20(21)22/h3-4,7-8,14,17-19,24-25H,2,5-6,9-13,15-16H2,1H3/t18-,19+,24-,25-/m0/s1. The molecule has 4 fully saturated rings. The van der Waals surface area contributed by atoms with E-state index in [4.69, 9.17) is 4.98 Å². The Bertz CT molecular complexity index is 1060. The lowest BCUT2D eigenvalue weighted by atomic mass is 9.71. The number of benzene rings is 1. The maximum absolute atomic E-state index is 13.9. The Kier molecular flexibility index (Phi) is 4.96. The number of aromatic nitrogens is 1. The van der Waals surface area contributed by atoms with Gasteiger partial charge >= 0.3 is 0 Å². The second-order valence-electron chi connectivity index (χ2n) is 10.5. The third-order valence-electron chi connectivity index (χ3n) is 8.33. The van der Waals surface area contributed by atoms with Gasteiger partial charge in [0.25, 0.3) is 5.91 Å². The SMILES string of the molecule is CCC[C@H]1[C@H]2C[C@H](CN(C(=O)c3cc(C4CC4)nc4ccccc34)C2)[C@@H]2CCCC(=O)N21. The van der Waals surface area contributed by atoms with E-state index in [1.807, 2.05) is 24.3 Å². The molecule has 5 nitrogen and oxygen atoms in total. The molecule has 1 aromatic heterocycles. The summed E-state index contributed by atoms with van der Waals surface area (Å²) in [6, 6.07) is 10.8. The summed E-state index contributed by atoms with van der Waals surface area (Å²) in [5.41, 5.74) is 2.84. The van der Waals surface area contributed by atoms with E-state index in [1.54, 1.807) is 0 Å². The number of carbonyl (C=O) groups is 2. The first-order valence-corrected chi connectivity index (χ1v) is 12.6. The highest BCUT2D eigenvalue weighted by Gasteiger charge is 2.49. The molecule has 0 unspecified atom stereocenters. The molecule has 5 heteroatoms. The van der Waals surface area contributed by atoms with Crippen molar-refractivity contribution in [3.63, 3.8) is 0 Å². The largest absolute Gasteiger partial charge is 0.338 e. The zero-order valence-electron chi connectivity index (χ0n) is 19.0. The minimum absolute atomic E-state index is 0.158. The molecule has 1 saturated carbocycles. The molecule has 1 aliphatic carbocycles. The van der Waals surface area contributed by atoms with E-state index in [1.165, 1.54) is 12.8 Å². The number of rotatable bonds is 4. The van der Waals surface area contributed by atoms with E-state index < -0.39 is 0 Å². The van der Waals surface area contributed by atoms with E-state index >= 15 is 0 Å². The first kappa shape index (κ1) is 20.2. The third kappa shape index (κ3) is 3.32.